The Labute approximate surface area is 205 Å². The molecule has 0 atom stereocenters. The molecule has 3 heterocycles. The zero-order chi connectivity index (χ0) is 21.5. The van der Waals surface area contributed by atoms with Crippen LogP contribution in [0, 0.1) is 5.92 Å². The first-order chi connectivity index (χ1) is 15.2. The van der Waals surface area contributed by atoms with Gasteiger partial charge in [0.25, 0.3) is 0 Å². The molecule has 0 radical (unpaired) electrons. The predicted octanol–water partition coefficient (Wildman–Crippen LogP) is 2.49. The van der Waals surface area contributed by atoms with Gasteiger partial charge in [-0.15, -0.1) is 34.2 Å². The maximum Gasteiger partial charge on any atom is 0.241 e. The summed E-state index contributed by atoms with van der Waals surface area (Å²) in [5, 5.41) is 14.7. The highest BCUT2D eigenvalue weighted by Gasteiger charge is 2.23. The van der Waals surface area contributed by atoms with Crippen molar-refractivity contribution < 1.29 is 4.79 Å². The van der Waals surface area contributed by atoms with Gasteiger partial charge in [0.2, 0.25) is 5.91 Å². The quantitative estimate of drug-likeness (QED) is 0.282. The number of fused-ring (bicyclic) bond motifs is 1. The number of likely N-dealkylation sites (tertiary alicyclic amines) is 1. The number of nitrogens with one attached hydrogen (secondary N) is 2. The molecule has 0 bridgehead atoms. The smallest absolute Gasteiger partial charge is 0.241 e. The molecule has 1 fully saturated rings. The van der Waals surface area contributed by atoms with E-state index in [1.54, 1.807) is 7.05 Å². The molecule has 0 saturated carbocycles. The second-order valence-electron chi connectivity index (χ2n) is 7.84. The van der Waals surface area contributed by atoms with Crippen molar-refractivity contribution in [1.82, 2.24) is 30.1 Å². The molecule has 0 spiro atoms. The minimum absolute atomic E-state index is 0. The average molecular weight is 547 g/mol. The van der Waals surface area contributed by atoms with E-state index >= 15 is 0 Å². The molecule has 9 heteroatoms. The lowest BCUT2D eigenvalue weighted by molar-refractivity contribution is -0.131. The molecule has 8 nitrogen and oxygen atoms in total. The summed E-state index contributed by atoms with van der Waals surface area (Å²) in [4.78, 5) is 18.8. The fourth-order valence-electron chi connectivity index (χ4n) is 4.00. The van der Waals surface area contributed by atoms with Gasteiger partial charge in [-0.3, -0.25) is 14.2 Å². The van der Waals surface area contributed by atoms with E-state index in [0.717, 1.165) is 43.8 Å². The summed E-state index contributed by atoms with van der Waals surface area (Å²) in [5.74, 6) is 2.10. The van der Waals surface area contributed by atoms with Crippen molar-refractivity contribution in [2.24, 2.45) is 10.9 Å². The number of carbonyl (C=O) groups is 1. The zero-order valence-electron chi connectivity index (χ0n) is 18.3. The highest BCUT2D eigenvalue weighted by molar-refractivity contribution is 14.0. The maximum atomic E-state index is 12.6. The lowest BCUT2D eigenvalue weighted by Crippen LogP contribution is -2.46. The molecule has 1 aliphatic heterocycles. The fraction of sp³-hybridized carbons (Fsp3) is 0.391. The van der Waals surface area contributed by atoms with Gasteiger partial charge in [0.15, 0.2) is 17.4 Å². The summed E-state index contributed by atoms with van der Waals surface area (Å²) in [5.41, 5.74) is 2.18. The first-order valence-electron chi connectivity index (χ1n) is 10.8. The molecule has 2 aromatic heterocycles. The molecule has 170 valence electrons. The summed E-state index contributed by atoms with van der Waals surface area (Å²) in [6, 6.07) is 16.4. The van der Waals surface area contributed by atoms with Crippen LogP contribution in [0.2, 0.25) is 0 Å². The third-order valence-corrected chi connectivity index (χ3v) is 5.76. The summed E-state index contributed by atoms with van der Waals surface area (Å²) >= 11 is 0. The molecule has 3 aromatic rings. The van der Waals surface area contributed by atoms with Gasteiger partial charge in [-0.25, -0.2) is 0 Å². The second-order valence-corrected chi connectivity index (χ2v) is 7.84. The number of halogens is 1. The van der Waals surface area contributed by atoms with Crippen molar-refractivity contribution in [3.05, 3.63) is 66.1 Å². The van der Waals surface area contributed by atoms with Gasteiger partial charge in [-0.2, -0.15) is 0 Å². The Balaban J connectivity index is 0.00000289. The number of pyridine rings is 1. The van der Waals surface area contributed by atoms with Crippen molar-refractivity contribution in [2.45, 2.75) is 25.8 Å². The number of carbonyl (C=O) groups excluding carboxylic acids is 1. The van der Waals surface area contributed by atoms with Crippen LogP contribution in [0.3, 0.4) is 0 Å². The van der Waals surface area contributed by atoms with E-state index < -0.39 is 0 Å². The Kier molecular flexibility index (Phi) is 8.83. The van der Waals surface area contributed by atoms with E-state index in [-0.39, 0.29) is 36.4 Å². The molecule has 1 amide bonds. The highest BCUT2D eigenvalue weighted by atomic mass is 127. The van der Waals surface area contributed by atoms with Crippen LogP contribution in [0.1, 0.15) is 24.2 Å². The molecule has 4 rings (SSSR count). The number of nitrogens with zero attached hydrogens (tertiary/aromatic N) is 5. The van der Waals surface area contributed by atoms with E-state index in [0.29, 0.717) is 18.4 Å². The molecule has 1 aliphatic rings. The topological polar surface area (TPSA) is 86.9 Å². The average Bonchev–Trinajstić information content (AvgIpc) is 3.23. The molecular weight excluding hydrogens is 517 g/mol. The first-order valence-corrected chi connectivity index (χ1v) is 10.8. The van der Waals surface area contributed by atoms with E-state index in [2.05, 4.69) is 56.2 Å². The number of amides is 1. The van der Waals surface area contributed by atoms with Crippen molar-refractivity contribution in [3.63, 3.8) is 0 Å². The largest absolute Gasteiger partial charge is 0.349 e. The van der Waals surface area contributed by atoms with Crippen LogP contribution >= 0.6 is 24.0 Å². The second kappa shape index (κ2) is 11.8. The van der Waals surface area contributed by atoms with E-state index in [4.69, 9.17) is 0 Å². The van der Waals surface area contributed by atoms with Crippen molar-refractivity contribution in [1.29, 1.82) is 0 Å². The van der Waals surface area contributed by atoms with E-state index in [9.17, 15) is 4.79 Å². The number of hydrogen-bond donors (Lipinski definition) is 2. The molecule has 1 aromatic carbocycles. The fourth-order valence-corrected chi connectivity index (χ4v) is 4.00. The minimum Gasteiger partial charge on any atom is -0.349 e. The number of rotatable bonds is 6. The van der Waals surface area contributed by atoms with E-state index in [1.807, 2.05) is 33.7 Å². The number of aliphatic imine (C=N–C) groups is 1. The molecule has 32 heavy (non-hydrogen) atoms. The number of guanidine groups is 1. The lowest BCUT2D eigenvalue weighted by Gasteiger charge is -2.32. The van der Waals surface area contributed by atoms with Gasteiger partial charge in [0.1, 0.15) is 0 Å². The Morgan fingerprint density at radius 1 is 1.06 bits per heavy atom. The van der Waals surface area contributed by atoms with Crippen molar-refractivity contribution in [3.8, 4) is 0 Å². The van der Waals surface area contributed by atoms with Crippen LogP contribution in [0.25, 0.3) is 5.65 Å². The van der Waals surface area contributed by atoms with Gasteiger partial charge < -0.3 is 15.5 Å². The normalized spacial score (nSPS) is 14.8. The van der Waals surface area contributed by atoms with Gasteiger partial charge in [-0.1, -0.05) is 36.4 Å². The van der Waals surface area contributed by atoms with E-state index in [1.165, 1.54) is 5.56 Å². The Morgan fingerprint density at radius 2 is 1.81 bits per heavy atom. The monoisotopic (exact) mass is 547 g/mol. The molecule has 0 unspecified atom stereocenters. The molecule has 1 saturated heterocycles. The number of piperidine rings is 1. The summed E-state index contributed by atoms with van der Waals surface area (Å²) < 4.78 is 1.92. The van der Waals surface area contributed by atoms with Crippen LogP contribution in [0.15, 0.2) is 59.7 Å². The standard InChI is InChI=1S/C23H29N7O.HI/c1-24-23(25-16-21-28-27-20-9-5-6-12-30(20)21)26-17-22(31)29-13-10-19(11-14-29)15-18-7-3-2-4-8-18;/h2-9,12,19H,10-11,13-17H2,1H3,(H2,24,25,26);1H. The molecule has 2 N–H and O–H groups in total. The lowest BCUT2D eigenvalue weighted by atomic mass is 9.90. The number of hydrogen-bond acceptors (Lipinski definition) is 4. The molecular formula is C23H30IN7O. The summed E-state index contributed by atoms with van der Waals surface area (Å²) in [6.45, 7) is 2.32. The van der Waals surface area contributed by atoms with Gasteiger partial charge in [0.05, 0.1) is 13.1 Å². The number of benzene rings is 1. The Bertz CT molecular complexity index is 1030. The Hall–Kier alpha value is -2.69. The highest BCUT2D eigenvalue weighted by Crippen LogP contribution is 2.21. The zero-order valence-corrected chi connectivity index (χ0v) is 20.6. The van der Waals surface area contributed by atoms with Gasteiger partial charge in [-0.05, 0) is 42.9 Å². The van der Waals surface area contributed by atoms with Crippen LogP contribution in [0.5, 0.6) is 0 Å². The van der Waals surface area contributed by atoms with Crippen LogP contribution in [-0.4, -0.2) is 58.0 Å². The molecule has 0 aliphatic carbocycles. The third kappa shape index (κ3) is 6.18. The summed E-state index contributed by atoms with van der Waals surface area (Å²) in [7, 11) is 1.69. The Morgan fingerprint density at radius 3 is 2.56 bits per heavy atom. The third-order valence-electron chi connectivity index (χ3n) is 5.76. The predicted molar refractivity (Wildman–Crippen MR) is 136 cm³/mol. The first kappa shape index (κ1) is 24.0. The van der Waals surface area contributed by atoms with Crippen LogP contribution < -0.4 is 10.6 Å². The number of aromatic nitrogens is 3. The van der Waals surface area contributed by atoms with Crippen molar-refractivity contribution in [2.75, 3.05) is 26.7 Å². The van der Waals surface area contributed by atoms with Crippen LogP contribution in [0.4, 0.5) is 0 Å². The van der Waals surface area contributed by atoms with Gasteiger partial charge >= 0.3 is 0 Å². The van der Waals surface area contributed by atoms with Crippen LogP contribution in [-0.2, 0) is 17.8 Å². The van der Waals surface area contributed by atoms with Crippen molar-refractivity contribution >= 4 is 41.5 Å². The minimum atomic E-state index is 0. The summed E-state index contributed by atoms with van der Waals surface area (Å²) in [6.07, 6.45) is 5.11. The SMILES string of the molecule is CN=C(NCC(=O)N1CCC(Cc2ccccc2)CC1)NCc1nnc2ccccn12.I. The van der Waals surface area contributed by atoms with Gasteiger partial charge in [0, 0.05) is 26.3 Å². The maximum absolute atomic E-state index is 12.6.